The number of Topliss-reactive ketones (excluding diaryl/α,β-unsaturated/α-hetero) is 1. The van der Waals surface area contributed by atoms with Crippen LogP contribution >= 0.6 is 0 Å². The third-order valence-electron chi connectivity index (χ3n) is 8.65. The number of carbonyl (C=O) groups excluding carboxylic acids is 1. The average molecular weight is 491 g/mol. The minimum Gasteiger partial charge on any atom is -0.495 e. The summed E-state index contributed by atoms with van der Waals surface area (Å²) in [5, 5.41) is 4.57. The first-order valence-corrected chi connectivity index (χ1v) is 12.9. The molecule has 1 aliphatic heterocycles. The lowest BCUT2D eigenvalue weighted by Gasteiger charge is -2.43. The van der Waals surface area contributed by atoms with Crippen molar-refractivity contribution in [3.05, 3.63) is 48.1 Å². The van der Waals surface area contributed by atoms with Crippen LogP contribution in [0.1, 0.15) is 49.8 Å². The Bertz CT molecular complexity index is 1240. The Morgan fingerprint density at radius 2 is 2.06 bits per heavy atom. The van der Waals surface area contributed by atoms with Crippen molar-refractivity contribution in [2.75, 3.05) is 27.4 Å². The monoisotopic (exact) mass is 490 g/mol. The number of carbonyl (C=O) groups is 1. The van der Waals surface area contributed by atoms with Gasteiger partial charge in [-0.25, -0.2) is 4.98 Å². The number of hydrogen-bond donors (Lipinski definition) is 0. The third-order valence-corrected chi connectivity index (χ3v) is 8.65. The summed E-state index contributed by atoms with van der Waals surface area (Å²) in [6.07, 6.45) is 13.2. The van der Waals surface area contributed by atoms with Crippen LogP contribution in [0.3, 0.4) is 0 Å². The number of oxime groups is 1. The van der Waals surface area contributed by atoms with Crippen LogP contribution in [0.5, 0.6) is 5.75 Å². The Hall–Kier alpha value is -3.13. The maximum absolute atomic E-state index is 12.3. The van der Waals surface area contributed by atoms with E-state index < -0.39 is 5.72 Å². The Morgan fingerprint density at radius 3 is 2.83 bits per heavy atom. The number of ketones is 1. The van der Waals surface area contributed by atoms with E-state index in [1.165, 1.54) is 0 Å². The fraction of sp³-hybridized carbons (Fsp3) is 0.536. The number of imidazole rings is 1. The van der Waals surface area contributed by atoms with E-state index in [4.69, 9.17) is 14.3 Å². The molecular weight excluding hydrogens is 456 g/mol. The highest BCUT2D eigenvalue weighted by atomic mass is 16.7. The highest BCUT2D eigenvalue weighted by Gasteiger charge is 2.70. The summed E-state index contributed by atoms with van der Waals surface area (Å²) >= 11 is 0. The van der Waals surface area contributed by atoms with Crippen molar-refractivity contribution in [1.29, 1.82) is 0 Å². The molecule has 3 unspecified atom stereocenters. The molecule has 1 aromatic heterocycles. The van der Waals surface area contributed by atoms with Gasteiger partial charge in [-0.05, 0) is 60.8 Å². The van der Waals surface area contributed by atoms with Gasteiger partial charge in [0.1, 0.15) is 11.5 Å². The molecular formula is C28H34N4O4. The summed E-state index contributed by atoms with van der Waals surface area (Å²) in [6.45, 7) is 3.46. The first-order chi connectivity index (χ1) is 17.5. The molecule has 0 radical (unpaired) electrons. The number of aromatic nitrogens is 2. The number of hydrogen-bond acceptors (Lipinski definition) is 7. The lowest BCUT2D eigenvalue weighted by atomic mass is 9.75. The highest BCUT2D eigenvalue weighted by molar-refractivity contribution is 5.97. The second-order valence-electron chi connectivity index (χ2n) is 10.8. The van der Waals surface area contributed by atoms with Gasteiger partial charge in [0.25, 0.3) is 0 Å². The molecule has 0 N–H and O–H groups in total. The summed E-state index contributed by atoms with van der Waals surface area (Å²) in [5.74, 6) is 3.01. The van der Waals surface area contributed by atoms with Crippen LogP contribution < -0.4 is 4.74 Å². The van der Waals surface area contributed by atoms with Crippen LogP contribution in [0.2, 0.25) is 0 Å². The predicted molar refractivity (Wildman–Crippen MR) is 136 cm³/mol. The molecule has 1 aromatic carbocycles. The van der Waals surface area contributed by atoms with Crippen LogP contribution in [0.4, 0.5) is 0 Å². The van der Waals surface area contributed by atoms with Gasteiger partial charge in [0.15, 0.2) is 5.84 Å². The molecule has 36 heavy (non-hydrogen) atoms. The van der Waals surface area contributed by atoms with Crippen molar-refractivity contribution in [3.8, 4) is 11.4 Å². The van der Waals surface area contributed by atoms with E-state index in [0.717, 1.165) is 67.2 Å². The summed E-state index contributed by atoms with van der Waals surface area (Å²) in [7, 11) is 3.41. The zero-order valence-electron chi connectivity index (χ0n) is 21.3. The zero-order chi connectivity index (χ0) is 24.9. The topological polar surface area (TPSA) is 78.2 Å². The number of amidine groups is 1. The molecule has 4 aliphatic rings. The number of rotatable bonds is 8. The van der Waals surface area contributed by atoms with Crippen LogP contribution in [0.15, 0.2) is 42.0 Å². The lowest BCUT2D eigenvalue weighted by Crippen LogP contribution is -2.53. The summed E-state index contributed by atoms with van der Waals surface area (Å²) in [4.78, 5) is 25.2. The number of methoxy groups -OCH3 is 2. The smallest absolute Gasteiger partial charge is 0.212 e. The normalized spacial score (nSPS) is 30.5. The fourth-order valence-corrected chi connectivity index (χ4v) is 6.86. The predicted octanol–water partition coefficient (Wildman–Crippen LogP) is 4.36. The summed E-state index contributed by atoms with van der Waals surface area (Å²) < 4.78 is 13.0. The van der Waals surface area contributed by atoms with Crippen molar-refractivity contribution < 1.29 is 19.1 Å². The second kappa shape index (κ2) is 8.76. The van der Waals surface area contributed by atoms with Gasteiger partial charge < -0.3 is 23.8 Å². The number of ether oxygens (including phenoxy) is 2. The maximum Gasteiger partial charge on any atom is 0.212 e. The van der Waals surface area contributed by atoms with Gasteiger partial charge in [-0.3, -0.25) is 4.79 Å². The largest absolute Gasteiger partial charge is 0.495 e. The van der Waals surface area contributed by atoms with E-state index in [-0.39, 0.29) is 5.41 Å². The van der Waals surface area contributed by atoms with Crippen LogP contribution in [0.25, 0.3) is 11.8 Å². The molecule has 190 valence electrons. The molecule has 0 amide bonds. The van der Waals surface area contributed by atoms with Crippen molar-refractivity contribution in [2.45, 2.75) is 51.2 Å². The maximum atomic E-state index is 12.3. The van der Waals surface area contributed by atoms with E-state index in [1.54, 1.807) is 20.5 Å². The van der Waals surface area contributed by atoms with Gasteiger partial charge in [0, 0.05) is 52.1 Å². The van der Waals surface area contributed by atoms with Crippen molar-refractivity contribution in [1.82, 2.24) is 14.5 Å². The quantitative estimate of drug-likeness (QED) is 0.512. The highest BCUT2D eigenvalue weighted by Crippen LogP contribution is 2.72. The zero-order valence-corrected chi connectivity index (χ0v) is 21.3. The first kappa shape index (κ1) is 23.3. The van der Waals surface area contributed by atoms with Gasteiger partial charge in [-0.1, -0.05) is 17.3 Å². The van der Waals surface area contributed by atoms with E-state index in [1.807, 2.05) is 35.9 Å². The van der Waals surface area contributed by atoms with Gasteiger partial charge >= 0.3 is 0 Å². The van der Waals surface area contributed by atoms with E-state index in [9.17, 15) is 4.79 Å². The van der Waals surface area contributed by atoms with Gasteiger partial charge in [-0.2, -0.15) is 0 Å². The Labute approximate surface area is 211 Å². The fourth-order valence-electron chi connectivity index (χ4n) is 6.86. The molecule has 2 spiro atoms. The van der Waals surface area contributed by atoms with Crippen LogP contribution in [-0.2, 0) is 14.4 Å². The van der Waals surface area contributed by atoms with Gasteiger partial charge in [0.2, 0.25) is 5.72 Å². The molecule has 3 saturated carbocycles. The molecule has 8 nitrogen and oxygen atoms in total. The SMILES string of the molecule is COCCCN1C(/C=C/c2ccc(-n3cnc(C)c3)c(OC)c2)=NOC12CC1CC13CC(=O)C[C@@H]3C2. The molecule has 0 saturated heterocycles. The van der Waals surface area contributed by atoms with Crippen molar-refractivity contribution in [3.63, 3.8) is 0 Å². The van der Waals surface area contributed by atoms with Gasteiger partial charge in [0.05, 0.1) is 24.8 Å². The third kappa shape index (κ3) is 3.82. The summed E-state index contributed by atoms with van der Waals surface area (Å²) in [5.41, 5.74) is 2.72. The van der Waals surface area contributed by atoms with E-state index in [0.29, 0.717) is 30.6 Å². The van der Waals surface area contributed by atoms with E-state index >= 15 is 0 Å². The Kier molecular flexibility index (Phi) is 5.67. The molecule has 3 aliphatic carbocycles. The molecule has 6 rings (SSSR count). The Balaban J connectivity index is 1.23. The first-order valence-electron chi connectivity index (χ1n) is 12.9. The minimum absolute atomic E-state index is 0.258. The van der Waals surface area contributed by atoms with Crippen LogP contribution in [-0.4, -0.2) is 59.2 Å². The Morgan fingerprint density at radius 1 is 1.19 bits per heavy atom. The van der Waals surface area contributed by atoms with E-state index in [2.05, 4.69) is 27.2 Å². The summed E-state index contributed by atoms with van der Waals surface area (Å²) in [6, 6.07) is 6.12. The molecule has 8 heteroatoms. The van der Waals surface area contributed by atoms with Gasteiger partial charge in [-0.15, -0.1) is 0 Å². The second-order valence-corrected chi connectivity index (χ2v) is 10.8. The molecule has 3 fully saturated rings. The number of benzene rings is 1. The standard InChI is InChI=1S/C28H34N4O4/c1-19-17-31(18-29-19)24-7-5-20(11-25(24)35-3)6-8-26-30-36-28(32(26)9-4-10-34-2)14-21-12-23(33)16-27(21)13-22(27)15-28/h5-8,11,17-18,21-22H,4,9-10,12-16H2,1-3H3/b8-6+/t21-,22?,27?,28?/m1/s1. The van der Waals surface area contributed by atoms with Crippen molar-refractivity contribution >= 4 is 17.7 Å². The van der Waals surface area contributed by atoms with Crippen molar-refractivity contribution in [2.24, 2.45) is 22.4 Å². The molecule has 2 heterocycles. The van der Waals surface area contributed by atoms with Crippen LogP contribution in [0, 0.1) is 24.2 Å². The average Bonchev–Trinajstić information content (AvgIpc) is 3.10. The molecule has 4 atom stereocenters. The minimum atomic E-state index is -0.450. The lowest BCUT2D eigenvalue weighted by molar-refractivity contribution is -0.142. The number of aryl methyl sites for hydroxylation is 1. The molecule has 0 bridgehead atoms. The molecule has 2 aromatic rings. The number of nitrogens with zero attached hydrogens (tertiary/aromatic N) is 4.